The maximum Gasteiger partial charge on any atom is 0.494 e. The third-order valence-electron chi connectivity index (χ3n) is 0.476. The van der Waals surface area contributed by atoms with Crippen molar-refractivity contribution in [3.8, 4) is 0 Å². The van der Waals surface area contributed by atoms with Crippen molar-refractivity contribution in [2.24, 2.45) is 5.92 Å². The van der Waals surface area contributed by atoms with E-state index in [0.29, 0.717) is 12.5 Å². The van der Waals surface area contributed by atoms with Crippen molar-refractivity contribution in [2.75, 3.05) is 6.61 Å². The second-order valence-electron chi connectivity index (χ2n) is 1.79. The summed E-state index contributed by atoms with van der Waals surface area (Å²) >= 11 is 0. The average Bonchev–Trinajstić information content (AvgIpc) is 1.61. The lowest BCUT2D eigenvalue weighted by atomic mass is 10.2. The molecule has 1 unspecified atom stereocenters. The van der Waals surface area contributed by atoms with Gasteiger partial charge in [-0.25, -0.2) is 0 Å². The number of hydrogen-bond acceptors (Lipinski definition) is 2. The Morgan fingerprint density at radius 3 is 2.25 bits per heavy atom. The smallest absolute Gasteiger partial charge is 0.148 e. The molecule has 0 bridgehead atoms. The van der Waals surface area contributed by atoms with E-state index in [1.165, 1.54) is 0 Å². The molecule has 0 heterocycles. The van der Waals surface area contributed by atoms with Gasteiger partial charge in [0.15, 0.2) is 0 Å². The Morgan fingerprint density at radius 1 is 1.62 bits per heavy atom. The molecule has 0 saturated heterocycles. The summed E-state index contributed by atoms with van der Waals surface area (Å²) in [5.41, 5.74) is 0. The standard InChI is InChI=1S/C4H10O2P.CH4/c1-4(2)3-6-7-5;/h4,7H,3H2,1-2H3;1H4/q+1;. The molecule has 0 aliphatic heterocycles. The predicted molar refractivity (Wildman–Crippen MR) is 36.5 cm³/mol. The SMILES string of the molecule is C.CC(C)CO[PH+]=O. The van der Waals surface area contributed by atoms with Gasteiger partial charge in [-0.3, -0.25) is 0 Å². The molecule has 8 heavy (non-hydrogen) atoms. The third kappa shape index (κ3) is 9.41. The lowest BCUT2D eigenvalue weighted by Gasteiger charge is -1.91. The molecule has 0 amide bonds. The summed E-state index contributed by atoms with van der Waals surface area (Å²) in [7, 11) is -0.599. The molecule has 3 heteroatoms. The normalized spacial score (nSPS) is 9.38. The Morgan fingerprint density at radius 2 is 2.12 bits per heavy atom. The van der Waals surface area contributed by atoms with Gasteiger partial charge in [0.05, 0.1) is 0 Å². The summed E-state index contributed by atoms with van der Waals surface area (Å²) < 4.78 is 14.2. The second kappa shape index (κ2) is 7.06. The molecule has 1 atom stereocenters. The molecule has 50 valence electrons. The highest BCUT2D eigenvalue weighted by molar-refractivity contribution is 7.17. The Balaban J connectivity index is 0. The van der Waals surface area contributed by atoms with Gasteiger partial charge in [-0.05, 0) is 10.5 Å². The predicted octanol–water partition coefficient (Wildman–Crippen LogP) is 2.23. The van der Waals surface area contributed by atoms with Crippen LogP contribution in [0.25, 0.3) is 0 Å². The van der Waals surface area contributed by atoms with E-state index in [-0.39, 0.29) is 7.43 Å². The van der Waals surface area contributed by atoms with Gasteiger partial charge in [0.2, 0.25) is 0 Å². The van der Waals surface area contributed by atoms with Gasteiger partial charge < -0.3 is 0 Å². The first-order chi connectivity index (χ1) is 3.27. The highest BCUT2D eigenvalue weighted by Crippen LogP contribution is 1.99. The molecule has 0 aliphatic carbocycles. The third-order valence-corrected chi connectivity index (χ3v) is 0.760. The van der Waals surface area contributed by atoms with Crippen LogP contribution >= 0.6 is 8.69 Å². The van der Waals surface area contributed by atoms with Gasteiger partial charge in [0.1, 0.15) is 6.61 Å². The Hall–Kier alpha value is 0.0600. The lowest BCUT2D eigenvalue weighted by molar-refractivity contribution is 0.293. The molecular formula is C5H14O2P+. The maximum absolute atomic E-state index is 9.64. The lowest BCUT2D eigenvalue weighted by Crippen LogP contribution is -1.93. The van der Waals surface area contributed by atoms with Crippen LogP contribution in [0.3, 0.4) is 0 Å². The zero-order valence-corrected chi connectivity index (χ0v) is 5.60. The molecule has 0 radical (unpaired) electrons. The van der Waals surface area contributed by atoms with Crippen LogP contribution in [0.15, 0.2) is 0 Å². The molecule has 0 N–H and O–H groups in total. The zero-order chi connectivity index (χ0) is 5.70. The molecule has 0 rings (SSSR count). The Labute approximate surface area is 52.5 Å². The molecule has 0 aromatic rings. The monoisotopic (exact) mass is 137 g/mol. The first kappa shape index (κ1) is 10.9. The van der Waals surface area contributed by atoms with Crippen molar-refractivity contribution in [2.45, 2.75) is 21.3 Å². The van der Waals surface area contributed by atoms with Crippen molar-refractivity contribution in [3.63, 3.8) is 0 Å². The van der Waals surface area contributed by atoms with Crippen molar-refractivity contribution >= 4 is 8.69 Å². The molecular weight excluding hydrogens is 123 g/mol. The highest BCUT2D eigenvalue weighted by atomic mass is 31.1. The fourth-order valence-electron chi connectivity index (χ4n) is 0.201. The van der Waals surface area contributed by atoms with Crippen LogP contribution in [-0.4, -0.2) is 6.61 Å². The largest absolute Gasteiger partial charge is 0.494 e. The van der Waals surface area contributed by atoms with Crippen LogP contribution in [-0.2, 0) is 9.09 Å². The quantitative estimate of drug-likeness (QED) is 0.557. The summed E-state index contributed by atoms with van der Waals surface area (Å²) in [5.74, 6) is 0.487. The molecule has 0 saturated carbocycles. The van der Waals surface area contributed by atoms with Crippen LogP contribution < -0.4 is 0 Å². The van der Waals surface area contributed by atoms with Crippen LogP contribution in [0.2, 0.25) is 0 Å². The molecule has 0 aromatic heterocycles. The molecule has 0 aliphatic rings. The summed E-state index contributed by atoms with van der Waals surface area (Å²) in [6.45, 7) is 4.63. The van der Waals surface area contributed by atoms with E-state index < -0.39 is 8.69 Å². The maximum atomic E-state index is 9.64. The van der Waals surface area contributed by atoms with E-state index in [4.69, 9.17) is 0 Å². The second-order valence-corrected chi connectivity index (χ2v) is 2.24. The molecule has 0 aromatic carbocycles. The van der Waals surface area contributed by atoms with Gasteiger partial charge in [0, 0.05) is 0 Å². The van der Waals surface area contributed by atoms with Gasteiger partial charge in [-0.2, -0.15) is 0 Å². The van der Waals surface area contributed by atoms with Gasteiger partial charge in [0.25, 0.3) is 0 Å². The molecule has 0 fully saturated rings. The average molecular weight is 137 g/mol. The number of hydrogen-bond donors (Lipinski definition) is 0. The van der Waals surface area contributed by atoms with Crippen molar-refractivity contribution < 1.29 is 9.09 Å². The fourth-order valence-corrected chi connectivity index (χ4v) is 0.602. The van der Waals surface area contributed by atoms with Crippen LogP contribution in [0.1, 0.15) is 21.3 Å². The van der Waals surface area contributed by atoms with E-state index in [1.54, 1.807) is 0 Å². The molecule has 2 nitrogen and oxygen atoms in total. The topological polar surface area (TPSA) is 26.3 Å². The van der Waals surface area contributed by atoms with Crippen LogP contribution in [0, 0.1) is 5.92 Å². The Bertz CT molecular complexity index is 54.4. The minimum absolute atomic E-state index is 0. The van der Waals surface area contributed by atoms with Crippen LogP contribution in [0.5, 0.6) is 0 Å². The summed E-state index contributed by atoms with van der Waals surface area (Å²) in [5, 5.41) is 0. The van der Waals surface area contributed by atoms with E-state index >= 15 is 0 Å². The zero-order valence-electron chi connectivity index (χ0n) is 4.60. The van der Waals surface area contributed by atoms with Gasteiger partial charge in [-0.1, -0.05) is 21.3 Å². The summed E-state index contributed by atoms with van der Waals surface area (Å²) in [6.07, 6.45) is 0. The Kier molecular flexibility index (Phi) is 9.65. The minimum Gasteiger partial charge on any atom is -0.148 e. The van der Waals surface area contributed by atoms with E-state index in [9.17, 15) is 4.57 Å². The highest BCUT2D eigenvalue weighted by Gasteiger charge is 1.95. The summed E-state index contributed by atoms with van der Waals surface area (Å²) in [4.78, 5) is 0. The van der Waals surface area contributed by atoms with Crippen molar-refractivity contribution in [3.05, 3.63) is 0 Å². The van der Waals surface area contributed by atoms with Crippen LogP contribution in [0.4, 0.5) is 0 Å². The summed E-state index contributed by atoms with van der Waals surface area (Å²) in [6, 6.07) is 0. The minimum atomic E-state index is -0.599. The first-order valence-corrected chi connectivity index (χ1v) is 3.08. The van der Waals surface area contributed by atoms with Crippen molar-refractivity contribution in [1.82, 2.24) is 0 Å². The number of rotatable bonds is 3. The van der Waals surface area contributed by atoms with E-state index in [1.807, 2.05) is 13.8 Å². The van der Waals surface area contributed by atoms with Gasteiger partial charge in [-0.15, -0.1) is 4.52 Å². The van der Waals surface area contributed by atoms with Crippen molar-refractivity contribution in [1.29, 1.82) is 0 Å². The van der Waals surface area contributed by atoms with E-state index in [2.05, 4.69) is 4.52 Å². The van der Waals surface area contributed by atoms with Gasteiger partial charge >= 0.3 is 8.69 Å². The fraction of sp³-hybridized carbons (Fsp3) is 1.00. The first-order valence-electron chi connectivity index (χ1n) is 2.26. The van der Waals surface area contributed by atoms with E-state index in [0.717, 1.165) is 0 Å². The molecule has 0 spiro atoms.